The zero-order valence-corrected chi connectivity index (χ0v) is 19.3. The molecule has 2 rings (SSSR count). The zero-order chi connectivity index (χ0) is 20.4. The number of aryl methyl sites for hydroxylation is 1. The largest absolute Gasteiger partial charge is 1.00 e. The third-order valence-electron chi connectivity index (χ3n) is 5.48. The Morgan fingerprint density at radius 2 is 1.31 bits per heavy atom. The number of hydrogen-bond donors (Lipinski definition) is 0. The Labute approximate surface area is 186 Å². The van der Waals surface area contributed by atoms with Crippen LogP contribution in [-0.2, 0) is 11.3 Å². The molecule has 29 heavy (non-hydrogen) atoms. The Morgan fingerprint density at radius 3 is 1.79 bits per heavy atom. The summed E-state index contributed by atoms with van der Waals surface area (Å²) in [5, 5.41) is 0. The van der Waals surface area contributed by atoms with E-state index in [1.165, 1.54) is 49.8 Å². The first kappa shape index (κ1) is 25.7. The second kappa shape index (κ2) is 13.1. The van der Waals surface area contributed by atoms with Crippen molar-refractivity contribution in [2.24, 2.45) is 0 Å². The maximum atomic E-state index is 12.2. The molecule has 0 radical (unpaired) electrons. The number of unbranched alkanes of at least 4 members (excludes halogenated alkanes) is 9. The van der Waals surface area contributed by atoms with Gasteiger partial charge in [0.25, 0.3) is 5.91 Å². The van der Waals surface area contributed by atoms with Crippen molar-refractivity contribution in [1.82, 2.24) is 9.32 Å². The summed E-state index contributed by atoms with van der Waals surface area (Å²) >= 11 is 5.94. The molecule has 1 aliphatic rings. The third kappa shape index (κ3) is 7.78. The molecule has 1 aliphatic heterocycles. The standard InChI is InChI=1S/C22H35ClN3O2.ClH/c1-22(2)20(27)25(21(28)26(22)23)19-15-10-8-6-4-3-5-7-9-12-16-24-17-13-11-14-18-24;/h11,13-14,17-18H,3-10,12,15-16,19H2,1-2H3;1H/q+1;/p-1. The van der Waals surface area contributed by atoms with Gasteiger partial charge in [0.05, 0.1) is 0 Å². The van der Waals surface area contributed by atoms with Gasteiger partial charge in [0.2, 0.25) is 0 Å². The zero-order valence-electron chi connectivity index (χ0n) is 17.8. The highest BCUT2D eigenvalue weighted by Gasteiger charge is 2.50. The number of pyridine rings is 1. The van der Waals surface area contributed by atoms with E-state index in [1.807, 2.05) is 0 Å². The molecule has 1 aromatic rings. The minimum Gasteiger partial charge on any atom is -1.00 e. The molecule has 0 bridgehead atoms. The smallest absolute Gasteiger partial charge is 0.342 e. The van der Waals surface area contributed by atoms with E-state index in [1.54, 1.807) is 13.8 Å². The predicted octanol–water partition coefficient (Wildman–Crippen LogP) is 2.08. The van der Waals surface area contributed by atoms with Gasteiger partial charge in [0, 0.05) is 36.9 Å². The lowest BCUT2D eigenvalue weighted by atomic mass is 10.1. The van der Waals surface area contributed by atoms with Gasteiger partial charge in [0.1, 0.15) is 12.1 Å². The number of rotatable bonds is 13. The maximum Gasteiger partial charge on any atom is 0.342 e. The van der Waals surface area contributed by atoms with E-state index in [2.05, 4.69) is 35.2 Å². The van der Waals surface area contributed by atoms with Crippen LogP contribution in [0, 0.1) is 0 Å². The van der Waals surface area contributed by atoms with Crippen molar-refractivity contribution in [2.75, 3.05) is 6.54 Å². The molecule has 1 saturated heterocycles. The average molecular weight is 444 g/mol. The summed E-state index contributed by atoms with van der Waals surface area (Å²) in [6.07, 6.45) is 16.3. The lowest BCUT2D eigenvalue weighted by molar-refractivity contribution is -0.697. The van der Waals surface area contributed by atoms with Crippen molar-refractivity contribution in [1.29, 1.82) is 0 Å². The Hall–Kier alpha value is -1.33. The monoisotopic (exact) mass is 443 g/mol. The van der Waals surface area contributed by atoms with E-state index >= 15 is 0 Å². The van der Waals surface area contributed by atoms with Crippen molar-refractivity contribution in [3.63, 3.8) is 0 Å². The molecule has 0 N–H and O–H groups in total. The highest BCUT2D eigenvalue weighted by Crippen LogP contribution is 2.29. The number of nitrogens with zero attached hydrogens (tertiary/aromatic N) is 3. The van der Waals surface area contributed by atoms with Crippen molar-refractivity contribution in [3.8, 4) is 0 Å². The van der Waals surface area contributed by atoms with Crippen LogP contribution >= 0.6 is 11.8 Å². The minimum atomic E-state index is -0.932. The molecule has 3 amide bonds. The first-order valence-corrected chi connectivity index (χ1v) is 11.0. The number of imide groups is 1. The van der Waals surface area contributed by atoms with Crippen LogP contribution in [0.5, 0.6) is 0 Å². The minimum absolute atomic E-state index is 0. The average Bonchev–Trinajstić information content (AvgIpc) is 2.84. The molecule has 0 unspecified atom stereocenters. The SMILES string of the molecule is CC1(C)C(=O)N(CCCCCCCCCCCC[n+]2ccccc2)C(=O)N1Cl.[Cl-]. The van der Waals surface area contributed by atoms with E-state index in [-0.39, 0.29) is 24.3 Å². The molecule has 1 aromatic heterocycles. The number of hydrogen-bond acceptors (Lipinski definition) is 2. The molecule has 0 atom stereocenters. The quantitative estimate of drug-likeness (QED) is 0.202. The molecular weight excluding hydrogens is 409 g/mol. The second-order valence-electron chi connectivity index (χ2n) is 8.23. The molecule has 5 nitrogen and oxygen atoms in total. The molecule has 0 aromatic carbocycles. The molecule has 7 heteroatoms. The van der Waals surface area contributed by atoms with Gasteiger partial charge in [-0.05, 0) is 26.7 Å². The highest BCUT2D eigenvalue weighted by atomic mass is 35.5. The molecule has 2 heterocycles. The van der Waals surface area contributed by atoms with Crippen LogP contribution in [0.4, 0.5) is 4.79 Å². The van der Waals surface area contributed by atoms with Gasteiger partial charge in [-0.25, -0.2) is 13.8 Å². The summed E-state index contributed by atoms with van der Waals surface area (Å²) in [6, 6.07) is 5.82. The summed E-state index contributed by atoms with van der Waals surface area (Å²) in [5.74, 6) is -0.196. The number of urea groups is 1. The summed E-state index contributed by atoms with van der Waals surface area (Å²) in [6.45, 7) is 4.95. The third-order valence-corrected chi connectivity index (χ3v) is 6.05. The fraction of sp³-hybridized carbons (Fsp3) is 0.682. The topological polar surface area (TPSA) is 44.5 Å². The number of halogens is 2. The van der Waals surface area contributed by atoms with Gasteiger partial charge >= 0.3 is 6.03 Å². The van der Waals surface area contributed by atoms with Crippen LogP contribution in [0.15, 0.2) is 30.6 Å². The summed E-state index contributed by atoms with van der Waals surface area (Å²) in [5.41, 5.74) is -0.932. The van der Waals surface area contributed by atoms with E-state index in [9.17, 15) is 9.59 Å². The molecule has 1 fully saturated rings. The second-order valence-corrected chi connectivity index (χ2v) is 8.57. The number of carbonyl (C=O) groups is 2. The fourth-order valence-corrected chi connectivity index (χ4v) is 3.77. The number of carbonyl (C=O) groups excluding carboxylic acids is 2. The summed E-state index contributed by atoms with van der Waals surface area (Å²) in [4.78, 5) is 25.5. The Kier molecular flexibility index (Phi) is 11.6. The van der Waals surface area contributed by atoms with Crippen molar-refractivity contribution >= 4 is 23.7 Å². The normalized spacial score (nSPS) is 15.7. The van der Waals surface area contributed by atoms with Crippen molar-refractivity contribution in [3.05, 3.63) is 30.6 Å². The van der Waals surface area contributed by atoms with Crippen LogP contribution in [0.1, 0.15) is 78.1 Å². The van der Waals surface area contributed by atoms with Crippen molar-refractivity contribution in [2.45, 2.75) is 90.1 Å². The Balaban J connectivity index is 0.00000420. The van der Waals surface area contributed by atoms with Crippen LogP contribution in [0.2, 0.25) is 0 Å². The first-order valence-electron chi connectivity index (χ1n) is 10.7. The van der Waals surface area contributed by atoms with Gasteiger partial charge in [0.15, 0.2) is 12.4 Å². The fourth-order valence-electron chi connectivity index (χ4n) is 3.61. The van der Waals surface area contributed by atoms with Gasteiger partial charge in [-0.15, -0.1) is 0 Å². The Bertz CT molecular complexity index is 626. The lowest BCUT2D eigenvalue weighted by Gasteiger charge is -2.19. The van der Waals surface area contributed by atoms with Crippen LogP contribution in [0.3, 0.4) is 0 Å². The Morgan fingerprint density at radius 1 is 0.828 bits per heavy atom. The van der Waals surface area contributed by atoms with Gasteiger partial charge in [-0.1, -0.05) is 51.0 Å². The number of amides is 3. The molecule has 164 valence electrons. The van der Waals surface area contributed by atoms with E-state index in [0.29, 0.717) is 6.54 Å². The molecule has 0 aliphatic carbocycles. The van der Waals surface area contributed by atoms with Gasteiger partial charge in [-0.2, -0.15) is 0 Å². The van der Waals surface area contributed by atoms with Gasteiger partial charge in [-0.3, -0.25) is 9.69 Å². The van der Waals surface area contributed by atoms with E-state index in [4.69, 9.17) is 11.8 Å². The molecule has 0 saturated carbocycles. The van der Waals surface area contributed by atoms with E-state index in [0.717, 1.165) is 30.2 Å². The summed E-state index contributed by atoms with van der Waals surface area (Å²) in [7, 11) is 0. The predicted molar refractivity (Wildman–Crippen MR) is 112 cm³/mol. The summed E-state index contributed by atoms with van der Waals surface area (Å²) < 4.78 is 3.27. The molecule has 0 spiro atoms. The van der Waals surface area contributed by atoms with Gasteiger partial charge < -0.3 is 12.4 Å². The molecular formula is C22H35Cl2N3O2. The van der Waals surface area contributed by atoms with E-state index < -0.39 is 5.54 Å². The maximum absolute atomic E-state index is 12.2. The first-order chi connectivity index (χ1) is 13.4. The van der Waals surface area contributed by atoms with Crippen LogP contribution in [0.25, 0.3) is 0 Å². The van der Waals surface area contributed by atoms with Crippen molar-refractivity contribution < 1.29 is 26.6 Å². The van der Waals surface area contributed by atoms with Crippen LogP contribution < -0.4 is 17.0 Å². The lowest BCUT2D eigenvalue weighted by Crippen LogP contribution is -3.00. The number of aromatic nitrogens is 1. The highest BCUT2D eigenvalue weighted by molar-refractivity contribution is 6.27. The van der Waals surface area contributed by atoms with Crippen LogP contribution in [-0.4, -0.2) is 33.3 Å².